The number of halogens is 1. The van der Waals surface area contributed by atoms with Gasteiger partial charge in [-0.15, -0.1) is 0 Å². The van der Waals surface area contributed by atoms with Crippen LogP contribution in [-0.4, -0.2) is 13.7 Å². The molecule has 0 radical (unpaired) electrons. The van der Waals surface area contributed by atoms with E-state index in [9.17, 15) is 14.0 Å². The Morgan fingerprint density at radius 1 is 1.16 bits per heavy atom. The summed E-state index contributed by atoms with van der Waals surface area (Å²) in [5, 5.41) is 0.499. The lowest BCUT2D eigenvalue weighted by Gasteiger charge is -2.23. The van der Waals surface area contributed by atoms with Crippen molar-refractivity contribution in [2.45, 2.75) is 26.3 Å². The van der Waals surface area contributed by atoms with Crippen LogP contribution in [0.15, 0.2) is 33.9 Å². The van der Waals surface area contributed by atoms with Gasteiger partial charge in [-0.3, -0.25) is 13.9 Å². The number of aromatic nitrogens is 3. The smallest absolute Gasteiger partial charge is 0.331 e. The third-order valence-corrected chi connectivity index (χ3v) is 5.26. The van der Waals surface area contributed by atoms with Crippen molar-refractivity contribution in [1.82, 2.24) is 13.7 Å². The van der Waals surface area contributed by atoms with Crippen molar-refractivity contribution in [2.24, 2.45) is 20.0 Å². The molecule has 6 heteroatoms. The minimum Gasteiger partial charge on any atom is -0.342 e. The van der Waals surface area contributed by atoms with Crippen LogP contribution in [-0.2, 0) is 27.1 Å². The van der Waals surface area contributed by atoms with Gasteiger partial charge in [-0.05, 0) is 30.9 Å². The molecule has 1 atom stereocenters. The highest BCUT2D eigenvalue weighted by molar-refractivity contribution is 5.96. The fourth-order valence-corrected chi connectivity index (χ4v) is 3.96. The minimum atomic E-state index is -0.341. The first-order valence-electron chi connectivity index (χ1n) is 8.47. The summed E-state index contributed by atoms with van der Waals surface area (Å²) in [6, 6.07) is 6.30. The van der Waals surface area contributed by atoms with Crippen molar-refractivity contribution in [1.29, 1.82) is 0 Å². The van der Waals surface area contributed by atoms with E-state index in [2.05, 4.69) is 11.5 Å². The molecule has 3 aromatic rings. The Hall–Kier alpha value is -2.63. The van der Waals surface area contributed by atoms with Crippen molar-refractivity contribution in [3.63, 3.8) is 0 Å². The molecule has 0 saturated heterocycles. The molecule has 0 amide bonds. The number of fused-ring (bicyclic) bond motifs is 3. The number of nitrogens with zero attached hydrogens (tertiary/aromatic N) is 3. The first kappa shape index (κ1) is 15.9. The molecule has 5 nitrogen and oxygen atoms in total. The topological polar surface area (TPSA) is 48.9 Å². The molecule has 2 aromatic heterocycles. The van der Waals surface area contributed by atoms with Gasteiger partial charge in [-0.25, -0.2) is 9.18 Å². The van der Waals surface area contributed by atoms with E-state index in [0.717, 1.165) is 29.6 Å². The van der Waals surface area contributed by atoms with Gasteiger partial charge in [0.15, 0.2) is 0 Å². The van der Waals surface area contributed by atoms with Crippen LogP contribution >= 0.6 is 0 Å². The molecule has 0 unspecified atom stereocenters. The lowest BCUT2D eigenvalue weighted by molar-refractivity contribution is 0.420. The van der Waals surface area contributed by atoms with Gasteiger partial charge in [0.05, 0.1) is 16.6 Å². The molecule has 1 aliphatic heterocycles. The molecule has 0 aliphatic carbocycles. The number of benzene rings is 1. The third kappa shape index (κ3) is 2.20. The van der Waals surface area contributed by atoms with Gasteiger partial charge in [0, 0.05) is 31.9 Å². The zero-order valence-corrected chi connectivity index (χ0v) is 14.5. The van der Waals surface area contributed by atoms with Crippen LogP contribution in [0.1, 0.15) is 19.0 Å². The zero-order chi connectivity index (χ0) is 17.9. The van der Waals surface area contributed by atoms with E-state index in [-0.39, 0.29) is 17.1 Å². The molecule has 0 spiro atoms. The highest BCUT2D eigenvalue weighted by Gasteiger charge is 2.28. The van der Waals surface area contributed by atoms with Gasteiger partial charge in [0.25, 0.3) is 5.56 Å². The maximum atomic E-state index is 13.8. The molecule has 1 aliphatic rings. The first-order valence-corrected chi connectivity index (χ1v) is 8.47. The summed E-state index contributed by atoms with van der Waals surface area (Å²) >= 11 is 0. The quantitative estimate of drug-likeness (QED) is 0.682. The fraction of sp³-hybridized carbons (Fsp3) is 0.368. The second-order valence-electron chi connectivity index (χ2n) is 6.98. The zero-order valence-electron chi connectivity index (χ0n) is 14.5. The molecular formula is C19H20FN3O2. The second kappa shape index (κ2) is 5.44. The van der Waals surface area contributed by atoms with E-state index >= 15 is 0 Å². The number of hydrogen-bond acceptors (Lipinski definition) is 2. The Morgan fingerprint density at radius 2 is 1.92 bits per heavy atom. The van der Waals surface area contributed by atoms with Crippen LogP contribution in [0.25, 0.3) is 22.2 Å². The first-order chi connectivity index (χ1) is 11.9. The van der Waals surface area contributed by atoms with E-state index in [1.165, 1.54) is 19.2 Å². The number of hydrogen-bond donors (Lipinski definition) is 0. The van der Waals surface area contributed by atoms with Crippen LogP contribution in [0.2, 0.25) is 0 Å². The highest BCUT2D eigenvalue weighted by atomic mass is 19.1. The summed E-state index contributed by atoms with van der Waals surface area (Å²) in [5.41, 5.74) is 2.39. The van der Waals surface area contributed by atoms with Crippen molar-refractivity contribution in [3.8, 4) is 11.3 Å². The van der Waals surface area contributed by atoms with Gasteiger partial charge in [-0.1, -0.05) is 19.1 Å². The molecular weight excluding hydrogens is 321 g/mol. The molecule has 3 heterocycles. The van der Waals surface area contributed by atoms with Crippen molar-refractivity contribution >= 4 is 10.9 Å². The number of aryl methyl sites for hydroxylation is 1. The Bertz CT molecular complexity index is 1120. The molecule has 0 N–H and O–H groups in total. The third-order valence-electron chi connectivity index (χ3n) is 5.26. The normalized spacial score (nSPS) is 17.0. The fourth-order valence-electron chi connectivity index (χ4n) is 3.96. The monoisotopic (exact) mass is 341 g/mol. The second-order valence-corrected chi connectivity index (χ2v) is 6.98. The van der Waals surface area contributed by atoms with Crippen LogP contribution in [0.5, 0.6) is 0 Å². The summed E-state index contributed by atoms with van der Waals surface area (Å²) in [4.78, 5) is 25.3. The van der Waals surface area contributed by atoms with Gasteiger partial charge >= 0.3 is 5.69 Å². The SMILES string of the molecule is C[C@@H]1CCn2c(-c3cccc(F)c3)c3c(=O)n(C)c(=O)n(C)c3c2C1. The summed E-state index contributed by atoms with van der Waals surface area (Å²) < 4.78 is 18.6. The van der Waals surface area contributed by atoms with Gasteiger partial charge in [0.1, 0.15) is 5.82 Å². The average Bonchev–Trinajstić information content (AvgIpc) is 2.92. The number of rotatable bonds is 1. The molecule has 0 fully saturated rings. The van der Waals surface area contributed by atoms with E-state index in [4.69, 9.17) is 0 Å². The Morgan fingerprint density at radius 3 is 2.64 bits per heavy atom. The van der Waals surface area contributed by atoms with Crippen LogP contribution in [0.4, 0.5) is 4.39 Å². The molecule has 1 aromatic carbocycles. The Kier molecular flexibility index (Phi) is 3.45. The Labute approximate surface area is 143 Å². The predicted octanol–water partition coefficient (Wildman–Crippen LogP) is 2.43. The van der Waals surface area contributed by atoms with E-state index in [1.54, 1.807) is 17.7 Å². The summed E-state index contributed by atoms with van der Waals surface area (Å²) in [7, 11) is 3.18. The lowest BCUT2D eigenvalue weighted by Crippen LogP contribution is -2.37. The highest BCUT2D eigenvalue weighted by Crippen LogP contribution is 2.36. The van der Waals surface area contributed by atoms with Gasteiger partial charge < -0.3 is 4.57 Å². The summed E-state index contributed by atoms with van der Waals surface area (Å²) in [6.07, 6.45) is 1.79. The van der Waals surface area contributed by atoms with Crippen molar-refractivity contribution in [2.75, 3.05) is 0 Å². The van der Waals surface area contributed by atoms with E-state index in [0.29, 0.717) is 28.1 Å². The van der Waals surface area contributed by atoms with Crippen molar-refractivity contribution < 1.29 is 4.39 Å². The molecule has 0 bridgehead atoms. The van der Waals surface area contributed by atoms with E-state index < -0.39 is 0 Å². The average molecular weight is 341 g/mol. The largest absolute Gasteiger partial charge is 0.342 e. The molecule has 4 rings (SSSR count). The lowest BCUT2D eigenvalue weighted by atomic mass is 9.98. The maximum Gasteiger partial charge on any atom is 0.331 e. The molecule has 25 heavy (non-hydrogen) atoms. The van der Waals surface area contributed by atoms with Crippen LogP contribution in [0, 0.1) is 11.7 Å². The van der Waals surface area contributed by atoms with Crippen LogP contribution < -0.4 is 11.2 Å². The van der Waals surface area contributed by atoms with Gasteiger partial charge in [-0.2, -0.15) is 0 Å². The van der Waals surface area contributed by atoms with E-state index in [1.807, 2.05) is 6.07 Å². The maximum absolute atomic E-state index is 13.8. The predicted molar refractivity (Wildman–Crippen MR) is 95.3 cm³/mol. The molecule has 0 saturated carbocycles. The standard InChI is InChI=1S/C19H20FN3O2/c1-11-7-8-23-14(9-11)17-15(18(24)22(3)19(25)21(17)2)16(23)12-5-4-6-13(20)10-12/h4-6,10-11H,7-9H2,1-3H3/t11-/m1/s1. The summed E-state index contributed by atoms with van der Waals surface area (Å²) in [6.45, 7) is 2.93. The van der Waals surface area contributed by atoms with Crippen LogP contribution in [0.3, 0.4) is 0 Å². The van der Waals surface area contributed by atoms with Crippen molar-refractivity contribution in [3.05, 3.63) is 56.6 Å². The minimum absolute atomic E-state index is 0.327. The Balaban J connectivity index is 2.23. The molecule has 130 valence electrons. The van der Waals surface area contributed by atoms with Gasteiger partial charge in [0.2, 0.25) is 0 Å². The summed E-state index contributed by atoms with van der Waals surface area (Å²) in [5.74, 6) is 0.136.